The average molecular weight is 193 g/mol. The van der Waals surface area contributed by atoms with Crippen molar-refractivity contribution in [3.63, 3.8) is 0 Å². The molecule has 78 valence electrons. The highest BCUT2D eigenvalue weighted by molar-refractivity contribution is 5.02. The van der Waals surface area contributed by atoms with Gasteiger partial charge in [-0.2, -0.15) is 5.10 Å². The normalized spacial score (nSPS) is 10.4. The predicted molar refractivity (Wildman–Crippen MR) is 58.8 cm³/mol. The van der Waals surface area contributed by atoms with Crippen molar-refractivity contribution in [2.75, 3.05) is 0 Å². The van der Waals surface area contributed by atoms with E-state index in [0.29, 0.717) is 6.54 Å². The average Bonchev–Trinajstić information content (AvgIpc) is 2.65. The molecule has 0 radical (unpaired) electrons. The first-order chi connectivity index (χ1) is 6.86. The van der Waals surface area contributed by atoms with Crippen molar-refractivity contribution in [3.05, 3.63) is 30.6 Å². The zero-order chi connectivity index (χ0) is 10.2. The van der Waals surface area contributed by atoms with Crippen LogP contribution in [0.4, 0.5) is 0 Å². The molecule has 0 saturated heterocycles. The Balaban J connectivity index is 2.14. The van der Waals surface area contributed by atoms with Crippen molar-refractivity contribution in [2.24, 2.45) is 5.73 Å². The molecule has 1 aromatic rings. The summed E-state index contributed by atoms with van der Waals surface area (Å²) < 4.78 is 1.97. The molecule has 0 bridgehead atoms. The molecule has 0 spiro atoms. The number of allylic oxidation sites excluding steroid dienone is 1. The molecule has 3 heteroatoms. The van der Waals surface area contributed by atoms with Gasteiger partial charge in [-0.25, -0.2) is 0 Å². The Morgan fingerprint density at radius 3 is 2.93 bits per heavy atom. The number of hydrogen-bond acceptors (Lipinski definition) is 2. The van der Waals surface area contributed by atoms with Crippen LogP contribution in [-0.2, 0) is 13.1 Å². The van der Waals surface area contributed by atoms with Crippen LogP contribution in [0.2, 0.25) is 0 Å². The van der Waals surface area contributed by atoms with Gasteiger partial charge in [0.25, 0.3) is 0 Å². The summed E-state index contributed by atoms with van der Waals surface area (Å²) in [5.74, 6) is 0. The van der Waals surface area contributed by atoms with Crippen LogP contribution >= 0.6 is 0 Å². The summed E-state index contributed by atoms with van der Waals surface area (Å²) in [6.45, 7) is 5.28. The van der Waals surface area contributed by atoms with E-state index in [4.69, 9.17) is 5.73 Å². The second-order valence-electron chi connectivity index (χ2n) is 3.45. The molecule has 14 heavy (non-hydrogen) atoms. The number of aryl methyl sites for hydroxylation is 1. The molecule has 0 aliphatic heterocycles. The highest BCUT2D eigenvalue weighted by Gasteiger charge is 1.95. The SMILES string of the molecule is C=CCCCCCn1cc(CN)cn1. The van der Waals surface area contributed by atoms with Crippen LogP contribution in [0, 0.1) is 0 Å². The fourth-order valence-electron chi connectivity index (χ4n) is 1.37. The minimum Gasteiger partial charge on any atom is -0.326 e. The molecule has 0 aliphatic rings. The molecule has 1 rings (SSSR count). The monoisotopic (exact) mass is 193 g/mol. The van der Waals surface area contributed by atoms with Gasteiger partial charge in [-0.15, -0.1) is 6.58 Å². The van der Waals surface area contributed by atoms with E-state index < -0.39 is 0 Å². The third-order valence-corrected chi connectivity index (χ3v) is 2.22. The van der Waals surface area contributed by atoms with Crippen molar-refractivity contribution in [1.29, 1.82) is 0 Å². The molecule has 1 heterocycles. The van der Waals surface area contributed by atoms with E-state index in [0.717, 1.165) is 18.5 Å². The van der Waals surface area contributed by atoms with Gasteiger partial charge in [0.1, 0.15) is 0 Å². The maximum Gasteiger partial charge on any atom is 0.0534 e. The molecule has 0 saturated carbocycles. The Morgan fingerprint density at radius 2 is 2.29 bits per heavy atom. The fraction of sp³-hybridized carbons (Fsp3) is 0.545. The standard InChI is InChI=1S/C11H19N3/c1-2-3-4-5-6-7-14-10-11(8-12)9-13-14/h2,9-10H,1,3-8,12H2. The van der Waals surface area contributed by atoms with Crippen LogP contribution in [0.5, 0.6) is 0 Å². The molecular formula is C11H19N3. The first kappa shape index (κ1) is 11.0. The topological polar surface area (TPSA) is 43.8 Å². The number of hydrogen-bond donors (Lipinski definition) is 1. The first-order valence-corrected chi connectivity index (χ1v) is 5.19. The summed E-state index contributed by atoms with van der Waals surface area (Å²) in [4.78, 5) is 0. The summed E-state index contributed by atoms with van der Waals surface area (Å²) in [5, 5.41) is 4.22. The molecule has 0 aromatic carbocycles. The summed E-state index contributed by atoms with van der Waals surface area (Å²) in [6, 6.07) is 0. The van der Waals surface area contributed by atoms with E-state index in [1.165, 1.54) is 19.3 Å². The minimum absolute atomic E-state index is 0.580. The molecule has 3 nitrogen and oxygen atoms in total. The molecular weight excluding hydrogens is 174 g/mol. The number of nitrogens with zero attached hydrogens (tertiary/aromatic N) is 2. The van der Waals surface area contributed by atoms with Gasteiger partial charge >= 0.3 is 0 Å². The molecule has 1 aromatic heterocycles. The van der Waals surface area contributed by atoms with Gasteiger partial charge in [0, 0.05) is 24.8 Å². The van der Waals surface area contributed by atoms with Crippen molar-refractivity contribution in [2.45, 2.75) is 38.8 Å². The molecule has 0 unspecified atom stereocenters. The molecule has 0 amide bonds. The van der Waals surface area contributed by atoms with Crippen LogP contribution in [0.1, 0.15) is 31.2 Å². The van der Waals surface area contributed by atoms with Gasteiger partial charge in [-0.1, -0.05) is 12.5 Å². The highest BCUT2D eigenvalue weighted by atomic mass is 15.3. The van der Waals surface area contributed by atoms with Crippen LogP contribution in [0.15, 0.2) is 25.0 Å². The minimum atomic E-state index is 0.580. The third kappa shape index (κ3) is 3.75. The third-order valence-electron chi connectivity index (χ3n) is 2.22. The van der Waals surface area contributed by atoms with E-state index in [9.17, 15) is 0 Å². The van der Waals surface area contributed by atoms with E-state index in [1.54, 1.807) is 0 Å². The smallest absolute Gasteiger partial charge is 0.0534 e. The highest BCUT2D eigenvalue weighted by Crippen LogP contribution is 2.03. The molecule has 0 aliphatic carbocycles. The number of unbranched alkanes of at least 4 members (excludes halogenated alkanes) is 3. The van der Waals surface area contributed by atoms with E-state index >= 15 is 0 Å². The van der Waals surface area contributed by atoms with Crippen LogP contribution < -0.4 is 5.73 Å². The Bertz CT molecular complexity index is 265. The van der Waals surface area contributed by atoms with E-state index in [-0.39, 0.29) is 0 Å². The Morgan fingerprint density at radius 1 is 1.43 bits per heavy atom. The van der Waals surface area contributed by atoms with Crippen molar-refractivity contribution in [3.8, 4) is 0 Å². The largest absolute Gasteiger partial charge is 0.326 e. The maximum atomic E-state index is 5.49. The molecule has 0 atom stereocenters. The van der Waals surface area contributed by atoms with Gasteiger partial charge in [-0.05, 0) is 19.3 Å². The van der Waals surface area contributed by atoms with Gasteiger partial charge in [0.05, 0.1) is 6.20 Å². The Labute approximate surface area is 85.6 Å². The van der Waals surface area contributed by atoms with Crippen molar-refractivity contribution >= 4 is 0 Å². The first-order valence-electron chi connectivity index (χ1n) is 5.19. The maximum absolute atomic E-state index is 5.49. The fourth-order valence-corrected chi connectivity index (χ4v) is 1.37. The Kier molecular flexibility index (Phi) is 5.00. The van der Waals surface area contributed by atoms with E-state index in [2.05, 4.69) is 11.7 Å². The van der Waals surface area contributed by atoms with Crippen LogP contribution in [-0.4, -0.2) is 9.78 Å². The van der Waals surface area contributed by atoms with E-state index in [1.807, 2.05) is 23.2 Å². The quantitative estimate of drug-likeness (QED) is 0.532. The summed E-state index contributed by atoms with van der Waals surface area (Å²) in [7, 11) is 0. The lowest BCUT2D eigenvalue weighted by atomic mass is 10.2. The summed E-state index contributed by atoms with van der Waals surface area (Å²) in [6.07, 6.45) is 10.6. The lowest BCUT2D eigenvalue weighted by Crippen LogP contribution is -1.98. The van der Waals surface area contributed by atoms with Crippen molar-refractivity contribution < 1.29 is 0 Å². The van der Waals surface area contributed by atoms with Gasteiger partial charge in [0.2, 0.25) is 0 Å². The van der Waals surface area contributed by atoms with Crippen LogP contribution in [0.3, 0.4) is 0 Å². The second-order valence-corrected chi connectivity index (χ2v) is 3.45. The lowest BCUT2D eigenvalue weighted by Gasteiger charge is -2.00. The summed E-state index contributed by atoms with van der Waals surface area (Å²) in [5.41, 5.74) is 6.60. The zero-order valence-corrected chi connectivity index (χ0v) is 8.65. The lowest BCUT2D eigenvalue weighted by molar-refractivity contribution is 0.546. The van der Waals surface area contributed by atoms with Gasteiger partial charge in [-0.3, -0.25) is 4.68 Å². The zero-order valence-electron chi connectivity index (χ0n) is 8.65. The van der Waals surface area contributed by atoms with Crippen molar-refractivity contribution in [1.82, 2.24) is 9.78 Å². The summed E-state index contributed by atoms with van der Waals surface area (Å²) >= 11 is 0. The molecule has 0 fully saturated rings. The Hall–Kier alpha value is -1.09. The van der Waals surface area contributed by atoms with Gasteiger partial charge < -0.3 is 5.73 Å². The van der Waals surface area contributed by atoms with Gasteiger partial charge in [0.15, 0.2) is 0 Å². The second kappa shape index (κ2) is 6.38. The van der Waals surface area contributed by atoms with Crippen LogP contribution in [0.25, 0.3) is 0 Å². The molecule has 2 N–H and O–H groups in total. The number of rotatable bonds is 7. The predicted octanol–water partition coefficient (Wildman–Crippen LogP) is 2.09. The number of nitrogens with two attached hydrogens (primary N) is 1. The number of aromatic nitrogens is 2.